The van der Waals surface area contributed by atoms with Gasteiger partial charge in [0.2, 0.25) is 0 Å². The Morgan fingerprint density at radius 3 is 2.40 bits per heavy atom. The minimum Gasteiger partial charge on any atom is -0.497 e. The fourth-order valence-electron chi connectivity index (χ4n) is 2.17. The number of rotatable bonds is 5. The minimum absolute atomic E-state index is 0.144. The quantitative estimate of drug-likeness (QED) is 0.780. The molecule has 2 aromatic rings. The molecular formula is C17H19NO2. The first kappa shape index (κ1) is 14.3. The van der Waals surface area contributed by atoms with E-state index in [1.54, 1.807) is 7.11 Å². The van der Waals surface area contributed by atoms with Gasteiger partial charge in [-0.15, -0.1) is 0 Å². The second-order valence-corrected chi connectivity index (χ2v) is 4.86. The summed E-state index contributed by atoms with van der Waals surface area (Å²) in [4.78, 5) is 16.5. The van der Waals surface area contributed by atoms with Crippen LogP contribution in [0.15, 0.2) is 36.4 Å². The van der Waals surface area contributed by atoms with E-state index in [0.29, 0.717) is 6.42 Å². The molecule has 0 spiro atoms. The van der Waals surface area contributed by atoms with Crippen molar-refractivity contribution in [3.63, 3.8) is 0 Å². The van der Waals surface area contributed by atoms with Gasteiger partial charge >= 0.3 is 0 Å². The highest BCUT2D eigenvalue weighted by Crippen LogP contribution is 2.15. The molecule has 0 atom stereocenters. The van der Waals surface area contributed by atoms with E-state index in [-0.39, 0.29) is 5.78 Å². The Balaban J connectivity index is 2.00. The average molecular weight is 269 g/mol. The molecule has 0 saturated heterocycles. The zero-order valence-corrected chi connectivity index (χ0v) is 12.1. The van der Waals surface area contributed by atoms with E-state index in [9.17, 15) is 4.79 Å². The van der Waals surface area contributed by atoms with Gasteiger partial charge in [-0.05, 0) is 50.1 Å². The third kappa shape index (κ3) is 3.44. The van der Waals surface area contributed by atoms with Gasteiger partial charge in [0, 0.05) is 23.4 Å². The molecule has 20 heavy (non-hydrogen) atoms. The van der Waals surface area contributed by atoms with Gasteiger partial charge in [0.25, 0.3) is 0 Å². The normalized spacial score (nSPS) is 10.3. The fraction of sp³-hybridized carbons (Fsp3) is 0.294. The largest absolute Gasteiger partial charge is 0.497 e. The lowest BCUT2D eigenvalue weighted by molar-refractivity contribution is 0.0982. The van der Waals surface area contributed by atoms with E-state index in [4.69, 9.17) is 4.74 Å². The van der Waals surface area contributed by atoms with Crippen LogP contribution in [0.4, 0.5) is 0 Å². The van der Waals surface area contributed by atoms with Gasteiger partial charge in [-0.25, -0.2) is 0 Å². The Hall–Kier alpha value is -2.16. The SMILES string of the molecule is COc1ccc(CCC(=O)c2ccc(C)nc2C)cc1. The minimum atomic E-state index is 0.144. The number of benzene rings is 1. The summed E-state index contributed by atoms with van der Waals surface area (Å²) in [5.74, 6) is 0.976. The molecule has 1 aromatic heterocycles. The highest BCUT2D eigenvalue weighted by atomic mass is 16.5. The molecule has 0 unspecified atom stereocenters. The summed E-state index contributed by atoms with van der Waals surface area (Å²) >= 11 is 0. The van der Waals surface area contributed by atoms with Crippen molar-refractivity contribution in [3.05, 3.63) is 58.9 Å². The second kappa shape index (κ2) is 6.33. The van der Waals surface area contributed by atoms with Gasteiger partial charge < -0.3 is 4.74 Å². The molecule has 3 nitrogen and oxygen atoms in total. The fourth-order valence-corrected chi connectivity index (χ4v) is 2.17. The predicted molar refractivity (Wildman–Crippen MR) is 79.4 cm³/mol. The van der Waals surface area contributed by atoms with Crippen LogP contribution in [-0.4, -0.2) is 17.9 Å². The third-order valence-corrected chi connectivity index (χ3v) is 3.33. The standard InChI is InChI=1S/C17H19NO2/c1-12-4-10-16(13(2)18-12)17(19)11-7-14-5-8-15(20-3)9-6-14/h4-6,8-10H,7,11H2,1-3H3. The molecule has 1 aromatic carbocycles. The number of pyridine rings is 1. The number of hydrogen-bond acceptors (Lipinski definition) is 3. The van der Waals surface area contributed by atoms with Gasteiger partial charge in [0.05, 0.1) is 7.11 Å². The Bertz CT molecular complexity index is 603. The first-order valence-electron chi connectivity index (χ1n) is 6.70. The number of aromatic nitrogens is 1. The molecular weight excluding hydrogens is 250 g/mol. The average Bonchev–Trinajstić information content (AvgIpc) is 2.45. The molecule has 0 aliphatic rings. The first-order chi connectivity index (χ1) is 9.60. The maximum Gasteiger partial charge on any atom is 0.165 e. The Morgan fingerprint density at radius 2 is 1.80 bits per heavy atom. The van der Waals surface area contributed by atoms with Gasteiger partial charge in [-0.3, -0.25) is 9.78 Å². The number of nitrogens with zero attached hydrogens (tertiary/aromatic N) is 1. The Kier molecular flexibility index (Phi) is 4.51. The van der Waals surface area contributed by atoms with E-state index in [0.717, 1.165) is 34.7 Å². The molecule has 104 valence electrons. The first-order valence-corrected chi connectivity index (χ1v) is 6.70. The summed E-state index contributed by atoms with van der Waals surface area (Å²) < 4.78 is 5.12. The lowest BCUT2D eigenvalue weighted by Crippen LogP contribution is -2.05. The van der Waals surface area contributed by atoms with Crippen LogP contribution in [0.1, 0.15) is 33.7 Å². The number of Topliss-reactive ketones (excluding diaryl/α,β-unsaturated/α-hetero) is 1. The van der Waals surface area contributed by atoms with Crippen LogP contribution in [0.25, 0.3) is 0 Å². The van der Waals surface area contributed by atoms with Gasteiger partial charge in [-0.2, -0.15) is 0 Å². The monoisotopic (exact) mass is 269 g/mol. The van der Waals surface area contributed by atoms with E-state index < -0.39 is 0 Å². The van der Waals surface area contributed by atoms with Crippen molar-refractivity contribution < 1.29 is 9.53 Å². The van der Waals surface area contributed by atoms with E-state index in [2.05, 4.69) is 4.98 Å². The molecule has 2 rings (SSSR count). The summed E-state index contributed by atoms with van der Waals surface area (Å²) in [7, 11) is 1.64. The third-order valence-electron chi connectivity index (χ3n) is 3.33. The van der Waals surface area contributed by atoms with E-state index in [1.807, 2.05) is 50.2 Å². The molecule has 0 bridgehead atoms. The second-order valence-electron chi connectivity index (χ2n) is 4.86. The highest BCUT2D eigenvalue weighted by molar-refractivity contribution is 5.97. The lowest BCUT2D eigenvalue weighted by Gasteiger charge is -2.06. The summed E-state index contributed by atoms with van der Waals surface area (Å²) in [6.07, 6.45) is 1.23. The highest BCUT2D eigenvalue weighted by Gasteiger charge is 2.10. The number of carbonyl (C=O) groups is 1. The zero-order valence-electron chi connectivity index (χ0n) is 12.1. The van der Waals surface area contributed by atoms with Crippen molar-refractivity contribution in [2.24, 2.45) is 0 Å². The Labute approximate surface area is 119 Å². The molecule has 0 aliphatic carbocycles. The molecule has 0 fully saturated rings. The molecule has 0 radical (unpaired) electrons. The van der Waals surface area contributed by atoms with Crippen molar-refractivity contribution >= 4 is 5.78 Å². The van der Waals surface area contributed by atoms with E-state index in [1.165, 1.54) is 0 Å². The summed E-state index contributed by atoms with van der Waals surface area (Å²) in [6, 6.07) is 11.6. The van der Waals surface area contributed by atoms with Crippen LogP contribution in [0.3, 0.4) is 0 Å². The van der Waals surface area contributed by atoms with Crippen molar-refractivity contribution in [1.82, 2.24) is 4.98 Å². The van der Waals surface area contributed by atoms with E-state index >= 15 is 0 Å². The van der Waals surface area contributed by atoms with Crippen LogP contribution in [-0.2, 0) is 6.42 Å². The van der Waals surface area contributed by atoms with Crippen molar-refractivity contribution in [3.8, 4) is 5.75 Å². The van der Waals surface area contributed by atoms with Gasteiger partial charge in [-0.1, -0.05) is 12.1 Å². The lowest BCUT2D eigenvalue weighted by atomic mass is 10.0. The summed E-state index contributed by atoms with van der Waals surface area (Å²) in [6.45, 7) is 3.81. The number of hydrogen-bond donors (Lipinski definition) is 0. The van der Waals surface area contributed by atoms with Crippen LogP contribution >= 0.6 is 0 Å². The van der Waals surface area contributed by atoms with Gasteiger partial charge in [0.1, 0.15) is 5.75 Å². The smallest absolute Gasteiger partial charge is 0.165 e. The molecule has 1 heterocycles. The summed E-state index contributed by atoms with van der Waals surface area (Å²) in [5.41, 5.74) is 3.61. The number of ether oxygens (including phenoxy) is 1. The number of ketones is 1. The molecule has 3 heteroatoms. The molecule has 0 saturated carbocycles. The maximum atomic E-state index is 12.2. The number of methoxy groups -OCH3 is 1. The Morgan fingerprint density at radius 1 is 1.10 bits per heavy atom. The molecule has 0 amide bonds. The molecule has 0 aliphatic heterocycles. The van der Waals surface area contributed by atoms with Crippen LogP contribution < -0.4 is 4.74 Å². The van der Waals surface area contributed by atoms with Crippen molar-refractivity contribution in [2.75, 3.05) is 7.11 Å². The van der Waals surface area contributed by atoms with Gasteiger partial charge in [0.15, 0.2) is 5.78 Å². The topological polar surface area (TPSA) is 39.2 Å². The van der Waals surface area contributed by atoms with Crippen molar-refractivity contribution in [1.29, 1.82) is 0 Å². The van der Waals surface area contributed by atoms with Crippen LogP contribution in [0.5, 0.6) is 5.75 Å². The number of carbonyl (C=O) groups excluding carboxylic acids is 1. The summed E-state index contributed by atoms with van der Waals surface area (Å²) in [5, 5.41) is 0. The molecule has 0 N–H and O–H groups in total. The predicted octanol–water partition coefficient (Wildman–Crippen LogP) is 3.52. The van der Waals surface area contributed by atoms with Crippen molar-refractivity contribution in [2.45, 2.75) is 26.7 Å². The van der Waals surface area contributed by atoms with Crippen LogP contribution in [0, 0.1) is 13.8 Å². The zero-order chi connectivity index (χ0) is 14.5. The van der Waals surface area contributed by atoms with Crippen LogP contribution in [0.2, 0.25) is 0 Å². The number of aryl methyl sites for hydroxylation is 3. The maximum absolute atomic E-state index is 12.2.